The van der Waals surface area contributed by atoms with Crippen molar-refractivity contribution in [2.75, 3.05) is 13.7 Å². The van der Waals surface area contributed by atoms with E-state index in [-0.39, 0.29) is 17.8 Å². The van der Waals surface area contributed by atoms with Crippen LogP contribution in [-0.2, 0) is 14.3 Å². The first-order valence-corrected chi connectivity index (χ1v) is 6.16. The van der Waals surface area contributed by atoms with Gasteiger partial charge in [0.1, 0.15) is 6.04 Å². The molecule has 1 aliphatic rings. The Hall–Kier alpha value is -1.10. The number of methoxy groups -OCH3 is 1. The first-order valence-electron chi connectivity index (χ1n) is 6.16. The highest BCUT2D eigenvalue weighted by molar-refractivity contribution is 5.88. The lowest BCUT2D eigenvalue weighted by molar-refractivity contribution is -0.151. The van der Waals surface area contributed by atoms with Gasteiger partial charge in [-0.1, -0.05) is 20.3 Å². The van der Waals surface area contributed by atoms with Crippen molar-refractivity contribution in [2.24, 2.45) is 11.7 Å². The van der Waals surface area contributed by atoms with E-state index in [9.17, 15) is 9.59 Å². The number of nitrogens with zero attached hydrogens (tertiary/aromatic N) is 1. The second-order valence-corrected chi connectivity index (χ2v) is 4.62. The standard InChI is InChI=1S/C12H22N2O3/c1-4-8(2)10(13)11(15)14-7-5-6-9(14)12(16)17-3/h8-10H,4-7,13H2,1-3H3/t8-,9+,10+/m1/s1. The van der Waals surface area contributed by atoms with Crippen LogP contribution in [0.4, 0.5) is 0 Å². The number of carbonyl (C=O) groups is 2. The summed E-state index contributed by atoms with van der Waals surface area (Å²) in [4.78, 5) is 25.3. The molecule has 0 aromatic rings. The van der Waals surface area contributed by atoms with Crippen LogP contribution < -0.4 is 5.73 Å². The molecule has 1 aliphatic heterocycles. The summed E-state index contributed by atoms with van der Waals surface area (Å²) in [5.74, 6) is -0.346. The van der Waals surface area contributed by atoms with E-state index in [1.54, 1.807) is 4.90 Å². The summed E-state index contributed by atoms with van der Waals surface area (Å²) in [5.41, 5.74) is 5.91. The molecule has 0 radical (unpaired) electrons. The third-order valence-corrected chi connectivity index (χ3v) is 3.55. The van der Waals surface area contributed by atoms with Crippen molar-refractivity contribution in [2.45, 2.75) is 45.2 Å². The normalized spacial score (nSPS) is 23.3. The van der Waals surface area contributed by atoms with Crippen molar-refractivity contribution in [3.8, 4) is 0 Å². The minimum absolute atomic E-state index is 0.126. The molecule has 98 valence electrons. The van der Waals surface area contributed by atoms with E-state index in [2.05, 4.69) is 0 Å². The number of likely N-dealkylation sites (tertiary alicyclic amines) is 1. The van der Waals surface area contributed by atoms with Gasteiger partial charge in [-0.2, -0.15) is 0 Å². The topological polar surface area (TPSA) is 72.6 Å². The van der Waals surface area contributed by atoms with Gasteiger partial charge in [-0.15, -0.1) is 0 Å². The Bertz CT molecular complexity index is 293. The van der Waals surface area contributed by atoms with Gasteiger partial charge in [0.15, 0.2) is 0 Å². The van der Waals surface area contributed by atoms with Gasteiger partial charge in [-0.25, -0.2) is 4.79 Å². The molecule has 0 saturated carbocycles. The van der Waals surface area contributed by atoms with Gasteiger partial charge in [-0.3, -0.25) is 4.79 Å². The molecule has 2 N–H and O–H groups in total. The average Bonchev–Trinajstić information content (AvgIpc) is 2.83. The Morgan fingerprint density at radius 3 is 2.71 bits per heavy atom. The van der Waals surface area contributed by atoms with Crippen LogP contribution in [0.25, 0.3) is 0 Å². The Kier molecular flexibility index (Phi) is 4.93. The predicted octanol–water partition coefficient (Wildman–Crippen LogP) is 0.524. The Balaban J connectivity index is 2.71. The molecule has 1 rings (SSSR count). The quantitative estimate of drug-likeness (QED) is 0.730. The molecule has 1 heterocycles. The smallest absolute Gasteiger partial charge is 0.328 e. The minimum Gasteiger partial charge on any atom is -0.467 e. The highest BCUT2D eigenvalue weighted by Crippen LogP contribution is 2.21. The molecule has 5 heteroatoms. The molecule has 17 heavy (non-hydrogen) atoms. The summed E-state index contributed by atoms with van der Waals surface area (Å²) in [7, 11) is 1.35. The molecule has 1 fully saturated rings. The van der Waals surface area contributed by atoms with Crippen molar-refractivity contribution >= 4 is 11.9 Å². The van der Waals surface area contributed by atoms with Crippen LogP contribution in [0, 0.1) is 5.92 Å². The second kappa shape index (κ2) is 6.00. The van der Waals surface area contributed by atoms with Gasteiger partial charge in [-0.05, 0) is 18.8 Å². The fourth-order valence-electron chi connectivity index (χ4n) is 2.10. The number of nitrogens with two attached hydrogens (primary N) is 1. The SMILES string of the molecule is CC[C@@H](C)[C@H](N)C(=O)N1CCC[C@H]1C(=O)OC. The zero-order valence-corrected chi connectivity index (χ0v) is 10.8. The molecular formula is C12H22N2O3. The van der Waals surface area contributed by atoms with Crippen molar-refractivity contribution in [1.82, 2.24) is 4.90 Å². The van der Waals surface area contributed by atoms with Crippen LogP contribution in [0.2, 0.25) is 0 Å². The first-order chi connectivity index (χ1) is 8.02. The molecular weight excluding hydrogens is 220 g/mol. The minimum atomic E-state index is -0.523. The molecule has 3 atom stereocenters. The lowest BCUT2D eigenvalue weighted by Gasteiger charge is -2.27. The van der Waals surface area contributed by atoms with Gasteiger partial charge in [0.2, 0.25) is 5.91 Å². The molecule has 0 bridgehead atoms. The summed E-state index contributed by atoms with van der Waals surface area (Å²) in [5, 5.41) is 0. The summed E-state index contributed by atoms with van der Waals surface area (Å²) in [6.07, 6.45) is 2.36. The molecule has 1 saturated heterocycles. The molecule has 0 unspecified atom stereocenters. The van der Waals surface area contributed by atoms with Crippen LogP contribution >= 0.6 is 0 Å². The molecule has 0 spiro atoms. The van der Waals surface area contributed by atoms with Crippen LogP contribution in [-0.4, -0.2) is 42.5 Å². The van der Waals surface area contributed by atoms with E-state index in [0.717, 1.165) is 12.8 Å². The number of carbonyl (C=O) groups excluding carboxylic acids is 2. The second-order valence-electron chi connectivity index (χ2n) is 4.62. The third-order valence-electron chi connectivity index (χ3n) is 3.55. The van der Waals surface area contributed by atoms with Crippen LogP contribution in [0.5, 0.6) is 0 Å². The summed E-state index contributed by atoms with van der Waals surface area (Å²) < 4.78 is 4.71. The van der Waals surface area contributed by atoms with Gasteiger partial charge < -0.3 is 15.4 Å². The first kappa shape index (κ1) is 14.0. The number of hydrogen-bond donors (Lipinski definition) is 1. The number of esters is 1. The Morgan fingerprint density at radius 1 is 1.53 bits per heavy atom. The van der Waals surface area contributed by atoms with Gasteiger partial charge >= 0.3 is 5.97 Å². The largest absolute Gasteiger partial charge is 0.467 e. The third kappa shape index (κ3) is 2.97. The van der Waals surface area contributed by atoms with Crippen molar-refractivity contribution < 1.29 is 14.3 Å². The number of amides is 1. The van der Waals surface area contributed by atoms with E-state index in [4.69, 9.17) is 10.5 Å². The zero-order chi connectivity index (χ0) is 13.0. The maximum atomic E-state index is 12.2. The summed E-state index contributed by atoms with van der Waals surface area (Å²) in [6, 6.07) is -0.965. The molecule has 0 aromatic carbocycles. The van der Waals surface area contributed by atoms with E-state index >= 15 is 0 Å². The van der Waals surface area contributed by atoms with E-state index in [1.807, 2.05) is 13.8 Å². The van der Waals surface area contributed by atoms with E-state index in [0.29, 0.717) is 13.0 Å². The highest BCUT2D eigenvalue weighted by Gasteiger charge is 2.37. The van der Waals surface area contributed by atoms with Crippen LogP contribution in [0.3, 0.4) is 0 Å². The monoisotopic (exact) mass is 242 g/mol. The zero-order valence-electron chi connectivity index (χ0n) is 10.8. The van der Waals surface area contributed by atoms with E-state index < -0.39 is 12.1 Å². The average molecular weight is 242 g/mol. The number of ether oxygens (including phenoxy) is 1. The molecule has 5 nitrogen and oxygen atoms in total. The van der Waals surface area contributed by atoms with Crippen LogP contribution in [0.1, 0.15) is 33.1 Å². The fraction of sp³-hybridized carbons (Fsp3) is 0.833. The van der Waals surface area contributed by atoms with Crippen molar-refractivity contribution in [1.29, 1.82) is 0 Å². The Labute approximate surface area is 102 Å². The molecule has 0 aliphatic carbocycles. The maximum absolute atomic E-state index is 12.2. The predicted molar refractivity (Wildman–Crippen MR) is 64.2 cm³/mol. The lowest BCUT2D eigenvalue weighted by atomic mass is 9.98. The van der Waals surface area contributed by atoms with Crippen molar-refractivity contribution in [3.05, 3.63) is 0 Å². The van der Waals surface area contributed by atoms with Crippen LogP contribution in [0.15, 0.2) is 0 Å². The van der Waals surface area contributed by atoms with E-state index in [1.165, 1.54) is 7.11 Å². The Morgan fingerprint density at radius 2 is 2.18 bits per heavy atom. The summed E-state index contributed by atoms with van der Waals surface area (Å²) in [6.45, 7) is 4.55. The van der Waals surface area contributed by atoms with Crippen molar-refractivity contribution in [3.63, 3.8) is 0 Å². The molecule has 1 amide bonds. The lowest BCUT2D eigenvalue weighted by Crippen LogP contribution is -2.50. The highest BCUT2D eigenvalue weighted by atomic mass is 16.5. The molecule has 0 aromatic heterocycles. The summed E-state index contributed by atoms with van der Waals surface area (Å²) >= 11 is 0. The van der Waals surface area contributed by atoms with Gasteiger partial charge in [0.25, 0.3) is 0 Å². The number of hydrogen-bond acceptors (Lipinski definition) is 4. The maximum Gasteiger partial charge on any atom is 0.328 e. The van der Waals surface area contributed by atoms with Gasteiger partial charge in [0.05, 0.1) is 13.2 Å². The van der Waals surface area contributed by atoms with Gasteiger partial charge in [0, 0.05) is 6.54 Å². The fourth-order valence-corrected chi connectivity index (χ4v) is 2.10. The number of rotatable bonds is 4.